The number of nitrogens with zero attached hydrogens (tertiary/aromatic N) is 2. The van der Waals surface area contributed by atoms with Gasteiger partial charge in [0.05, 0.1) is 6.61 Å². The molecule has 118 valence electrons. The van der Waals surface area contributed by atoms with E-state index in [-0.39, 0.29) is 5.56 Å². The highest BCUT2D eigenvalue weighted by Gasteiger charge is 2.19. The number of hydrogen-bond acceptors (Lipinski definition) is 4. The van der Waals surface area contributed by atoms with E-state index in [1.54, 1.807) is 7.11 Å². The number of methoxy groups -OCH3 is 1. The molecule has 2 heterocycles. The molecule has 1 aromatic heterocycles. The van der Waals surface area contributed by atoms with Gasteiger partial charge in [0.15, 0.2) is 0 Å². The highest BCUT2D eigenvalue weighted by atomic mass is 16.5. The molecular weight excluding hydrogens is 266 g/mol. The summed E-state index contributed by atoms with van der Waals surface area (Å²) in [6.07, 6.45) is 1.96. The topological polar surface area (TPSA) is 46.5 Å². The van der Waals surface area contributed by atoms with Crippen LogP contribution in [0.5, 0.6) is 0 Å². The molecule has 0 saturated carbocycles. The van der Waals surface area contributed by atoms with Gasteiger partial charge in [0, 0.05) is 57.5 Å². The Hall–Kier alpha value is -1.17. The van der Waals surface area contributed by atoms with Gasteiger partial charge < -0.3 is 19.5 Å². The Balaban J connectivity index is 2.26. The third-order valence-electron chi connectivity index (χ3n) is 3.98. The van der Waals surface area contributed by atoms with Crippen molar-refractivity contribution in [2.75, 3.05) is 33.9 Å². The van der Waals surface area contributed by atoms with Crippen molar-refractivity contribution in [2.24, 2.45) is 0 Å². The predicted octanol–water partition coefficient (Wildman–Crippen LogP) is 0.982. The van der Waals surface area contributed by atoms with Crippen LogP contribution in [-0.4, -0.2) is 43.3 Å². The van der Waals surface area contributed by atoms with Crippen LogP contribution in [0.4, 0.5) is 0 Å². The first-order chi connectivity index (χ1) is 10.2. The van der Waals surface area contributed by atoms with E-state index in [0.717, 1.165) is 44.6 Å². The molecule has 0 spiro atoms. The van der Waals surface area contributed by atoms with Crippen LogP contribution in [-0.2, 0) is 30.8 Å². The van der Waals surface area contributed by atoms with Gasteiger partial charge in [0.1, 0.15) is 0 Å². The smallest absolute Gasteiger partial charge is 0.255 e. The molecule has 2 rings (SSSR count). The molecular formula is C16H27N3O2. The molecule has 0 aliphatic carbocycles. The minimum atomic E-state index is 0.171. The van der Waals surface area contributed by atoms with Gasteiger partial charge in [0.25, 0.3) is 5.56 Å². The lowest BCUT2D eigenvalue weighted by molar-refractivity contribution is 0.199. The SMILES string of the molecule is CCCn1c2c(cc(CNCCOC)c1=O)CN(C)CC2. The molecule has 5 heteroatoms. The first kappa shape index (κ1) is 16.2. The first-order valence-electron chi connectivity index (χ1n) is 7.80. The van der Waals surface area contributed by atoms with Crippen LogP contribution < -0.4 is 10.9 Å². The zero-order valence-corrected chi connectivity index (χ0v) is 13.4. The molecule has 0 aromatic carbocycles. The molecule has 21 heavy (non-hydrogen) atoms. The van der Waals surface area contributed by atoms with E-state index in [1.165, 1.54) is 11.3 Å². The number of pyridine rings is 1. The Bertz CT molecular complexity index is 525. The molecule has 0 unspecified atom stereocenters. The van der Waals surface area contributed by atoms with Crippen molar-refractivity contribution >= 4 is 0 Å². The second-order valence-corrected chi connectivity index (χ2v) is 5.76. The Morgan fingerprint density at radius 3 is 2.95 bits per heavy atom. The van der Waals surface area contributed by atoms with Crippen molar-refractivity contribution in [2.45, 2.75) is 39.4 Å². The normalized spacial score (nSPS) is 15.2. The summed E-state index contributed by atoms with van der Waals surface area (Å²) < 4.78 is 7.02. The van der Waals surface area contributed by atoms with Crippen LogP contribution in [0, 0.1) is 0 Å². The number of aromatic nitrogens is 1. The first-order valence-corrected chi connectivity index (χ1v) is 7.80. The second kappa shape index (κ2) is 7.73. The van der Waals surface area contributed by atoms with E-state index in [1.807, 2.05) is 4.57 Å². The summed E-state index contributed by atoms with van der Waals surface area (Å²) in [5, 5.41) is 3.28. The lowest BCUT2D eigenvalue weighted by Crippen LogP contribution is -2.36. The van der Waals surface area contributed by atoms with Gasteiger partial charge in [-0.2, -0.15) is 0 Å². The van der Waals surface area contributed by atoms with E-state index in [9.17, 15) is 4.79 Å². The number of ether oxygens (including phenoxy) is 1. The average Bonchev–Trinajstić information content (AvgIpc) is 2.47. The van der Waals surface area contributed by atoms with E-state index in [2.05, 4.69) is 30.3 Å². The lowest BCUT2D eigenvalue weighted by atomic mass is 10.0. The number of hydrogen-bond donors (Lipinski definition) is 1. The molecule has 0 bridgehead atoms. The standard InChI is InChI=1S/C16H27N3O2/c1-4-7-19-15-5-8-18(2)12-14(15)10-13(16(19)20)11-17-6-9-21-3/h10,17H,4-9,11-12H2,1-3H3. The number of rotatable bonds is 7. The fourth-order valence-electron chi connectivity index (χ4n) is 2.91. The van der Waals surface area contributed by atoms with Crippen LogP contribution in [0.25, 0.3) is 0 Å². The summed E-state index contributed by atoms with van der Waals surface area (Å²) in [6, 6.07) is 2.10. The molecule has 0 fully saturated rings. The van der Waals surface area contributed by atoms with Crippen molar-refractivity contribution in [1.29, 1.82) is 0 Å². The van der Waals surface area contributed by atoms with Crippen molar-refractivity contribution < 1.29 is 4.74 Å². The maximum absolute atomic E-state index is 12.7. The minimum absolute atomic E-state index is 0.171. The summed E-state index contributed by atoms with van der Waals surface area (Å²) in [6.45, 7) is 6.94. The molecule has 5 nitrogen and oxygen atoms in total. The maximum atomic E-state index is 12.7. The zero-order chi connectivity index (χ0) is 15.2. The van der Waals surface area contributed by atoms with Crippen LogP contribution in [0.15, 0.2) is 10.9 Å². The summed E-state index contributed by atoms with van der Waals surface area (Å²) in [5.74, 6) is 0. The Kier molecular flexibility index (Phi) is 5.96. The van der Waals surface area contributed by atoms with Crippen LogP contribution in [0.3, 0.4) is 0 Å². The van der Waals surface area contributed by atoms with Gasteiger partial charge in [-0.15, -0.1) is 0 Å². The van der Waals surface area contributed by atoms with Crippen molar-refractivity contribution in [1.82, 2.24) is 14.8 Å². The number of nitrogens with one attached hydrogen (secondary N) is 1. The van der Waals surface area contributed by atoms with Gasteiger partial charge >= 0.3 is 0 Å². The quantitative estimate of drug-likeness (QED) is 0.761. The summed E-state index contributed by atoms with van der Waals surface area (Å²) >= 11 is 0. The molecule has 0 amide bonds. The van der Waals surface area contributed by atoms with Gasteiger partial charge in [0.2, 0.25) is 0 Å². The average molecular weight is 293 g/mol. The van der Waals surface area contributed by atoms with Gasteiger partial charge in [-0.3, -0.25) is 4.79 Å². The van der Waals surface area contributed by atoms with Crippen LogP contribution >= 0.6 is 0 Å². The van der Waals surface area contributed by atoms with E-state index >= 15 is 0 Å². The summed E-state index contributed by atoms with van der Waals surface area (Å²) in [4.78, 5) is 15.0. The number of fused-ring (bicyclic) bond motifs is 1. The second-order valence-electron chi connectivity index (χ2n) is 5.76. The van der Waals surface area contributed by atoms with E-state index < -0.39 is 0 Å². The Morgan fingerprint density at radius 2 is 2.24 bits per heavy atom. The highest BCUT2D eigenvalue weighted by molar-refractivity contribution is 5.29. The van der Waals surface area contributed by atoms with Gasteiger partial charge in [-0.1, -0.05) is 6.92 Å². The van der Waals surface area contributed by atoms with Crippen LogP contribution in [0.1, 0.15) is 30.2 Å². The maximum Gasteiger partial charge on any atom is 0.255 e. The van der Waals surface area contributed by atoms with Gasteiger partial charge in [-0.25, -0.2) is 0 Å². The molecule has 0 atom stereocenters. The molecule has 0 radical (unpaired) electrons. The Morgan fingerprint density at radius 1 is 1.43 bits per heavy atom. The highest BCUT2D eigenvalue weighted by Crippen LogP contribution is 2.18. The molecule has 1 aliphatic rings. The fourth-order valence-corrected chi connectivity index (χ4v) is 2.91. The zero-order valence-electron chi connectivity index (χ0n) is 13.4. The third-order valence-corrected chi connectivity index (χ3v) is 3.98. The molecule has 1 N–H and O–H groups in total. The lowest BCUT2D eigenvalue weighted by Gasteiger charge is -2.28. The van der Waals surface area contributed by atoms with E-state index in [4.69, 9.17) is 4.74 Å². The summed E-state index contributed by atoms with van der Waals surface area (Å²) in [5.41, 5.74) is 3.58. The minimum Gasteiger partial charge on any atom is -0.383 e. The summed E-state index contributed by atoms with van der Waals surface area (Å²) in [7, 11) is 3.82. The molecule has 0 saturated heterocycles. The van der Waals surface area contributed by atoms with Crippen molar-refractivity contribution in [3.05, 3.63) is 33.2 Å². The molecule has 1 aromatic rings. The third kappa shape index (κ3) is 3.93. The van der Waals surface area contributed by atoms with Crippen molar-refractivity contribution in [3.8, 4) is 0 Å². The monoisotopic (exact) mass is 293 g/mol. The Labute approximate surface area is 126 Å². The molecule has 1 aliphatic heterocycles. The predicted molar refractivity (Wildman–Crippen MR) is 84.6 cm³/mol. The van der Waals surface area contributed by atoms with Crippen molar-refractivity contribution in [3.63, 3.8) is 0 Å². The fraction of sp³-hybridized carbons (Fsp3) is 0.688. The van der Waals surface area contributed by atoms with Crippen LogP contribution in [0.2, 0.25) is 0 Å². The van der Waals surface area contributed by atoms with E-state index in [0.29, 0.717) is 13.2 Å². The largest absolute Gasteiger partial charge is 0.383 e. The van der Waals surface area contributed by atoms with Gasteiger partial charge in [-0.05, 0) is 25.1 Å². The number of likely N-dealkylation sites (N-methyl/N-ethyl adjacent to an activating group) is 1.